The van der Waals surface area contributed by atoms with Crippen molar-refractivity contribution in [3.8, 4) is 0 Å². The van der Waals surface area contributed by atoms with Gasteiger partial charge in [-0.15, -0.1) is 0 Å². The quantitative estimate of drug-likeness (QED) is 0.667. The molecule has 1 aliphatic heterocycles. The predicted octanol–water partition coefficient (Wildman–Crippen LogP) is 1.26. The second-order valence-corrected chi connectivity index (χ2v) is 9.31. The maximum absolute atomic E-state index is 13.6. The fraction of sp³-hybridized carbons (Fsp3) is 0.471. The molecule has 2 heterocycles. The van der Waals surface area contributed by atoms with Gasteiger partial charge < -0.3 is 9.30 Å². The molecular formula is C17H20FN3O5S2. The Bertz CT molecular complexity index is 1090. The SMILES string of the molecule is CCOC(=O)Cn1c(=NC(=O)C2CCCN2S(C)(=O)=O)sc2cc(F)ccc21. The van der Waals surface area contributed by atoms with E-state index in [9.17, 15) is 22.4 Å². The third kappa shape index (κ3) is 4.31. The fourth-order valence-electron chi connectivity index (χ4n) is 3.17. The number of benzene rings is 1. The summed E-state index contributed by atoms with van der Waals surface area (Å²) < 4.78 is 45.5. The first kappa shape index (κ1) is 20.6. The van der Waals surface area contributed by atoms with Gasteiger partial charge in [-0.1, -0.05) is 11.3 Å². The maximum Gasteiger partial charge on any atom is 0.326 e. The third-order valence-electron chi connectivity index (χ3n) is 4.36. The minimum atomic E-state index is -3.53. The first-order valence-electron chi connectivity index (χ1n) is 8.70. The molecule has 0 spiro atoms. The van der Waals surface area contributed by atoms with Gasteiger partial charge in [0.05, 0.1) is 23.1 Å². The Morgan fingerprint density at radius 1 is 1.39 bits per heavy atom. The molecule has 1 saturated heterocycles. The number of thiazole rings is 1. The van der Waals surface area contributed by atoms with Crippen molar-refractivity contribution in [2.75, 3.05) is 19.4 Å². The average molecular weight is 429 g/mol. The number of nitrogens with zero attached hydrogens (tertiary/aromatic N) is 3. The number of fused-ring (bicyclic) bond motifs is 1. The summed E-state index contributed by atoms with van der Waals surface area (Å²) in [6, 6.07) is 3.18. The number of carbonyl (C=O) groups is 2. The summed E-state index contributed by atoms with van der Waals surface area (Å²) in [5, 5.41) is 0. The van der Waals surface area contributed by atoms with Gasteiger partial charge in [0, 0.05) is 6.54 Å². The number of halogens is 1. The molecule has 1 aliphatic rings. The fourth-order valence-corrected chi connectivity index (χ4v) is 5.35. The van der Waals surface area contributed by atoms with Crippen LogP contribution in [-0.2, 0) is 30.9 Å². The van der Waals surface area contributed by atoms with Crippen LogP contribution in [0.2, 0.25) is 0 Å². The lowest BCUT2D eigenvalue weighted by Crippen LogP contribution is -2.40. The molecule has 2 aromatic rings. The zero-order valence-corrected chi connectivity index (χ0v) is 17.1. The normalized spacial score (nSPS) is 18.7. The molecule has 1 fully saturated rings. The van der Waals surface area contributed by atoms with E-state index in [1.807, 2.05) is 0 Å². The lowest BCUT2D eigenvalue weighted by Gasteiger charge is -2.18. The Labute approximate surface area is 165 Å². The van der Waals surface area contributed by atoms with Crippen LogP contribution in [0.25, 0.3) is 10.2 Å². The van der Waals surface area contributed by atoms with Crippen molar-refractivity contribution in [3.05, 3.63) is 28.8 Å². The van der Waals surface area contributed by atoms with Gasteiger partial charge in [0.15, 0.2) is 4.80 Å². The van der Waals surface area contributed by atoms with Gasteiger partial charge in [0.25, 0.3) is 5.91 Å². The van der Waals surface area contributed by atoms with Gasteiger partial charge in [-0.05, 0) is 38.0 Å². The highest BCUT2D eigenvalue weighted by atomic mass is 32.2. The monoisotopic (exact) mass is 429 g/mol. The van der Waals surface area contributed by atoms with E-state index in [0.717, 1.165) is 21.9 Å². The van der Waals surface area contributed by atoms with Gasteiger partial charge in [-0.2, -0.15) is 9.30 Å². The topological polar surface area (TPSA) is 98.0 Å². The molecule has 0 saturated carbocycles. The summed E-state index contributed by atoms with van der Waals surface area (Å²) in [4.78, 5) is 29.0. The molecule has 0 bridgehead atoms. The number of aromatic nitrogens is 1. The Hall–Kier alpha value is -2.11. The van der Waals surface area contributed by atoms with Gasteiger partial charge in [-0.25, -0.2) is 12.8 Å². The van der Waals surface area contributed by atoms with Crippen molar-refractivity contribution in [1.82, 2.24) is 8.87 Å². The Balaban J connectivity index is 2.05. The smallest absolute Gasteiger partial charge is 0.326 e. The summed E-state index contributed by atoms with van der Waals surface area (Å²) in [6.07, 6.45) is 2.01. The van der Waals surface area contributed by atoms with E-state index in [1.165, 1.54) is 22.8 Å². The number of esters is 1. The number of amides is 1. The van der Waals surface area contributed by atoms with E-state index in [0.29, 0.717) is 23.1 Å². The zero-order valence-electron chi connectivity index (χ0n) is 15.4. The minimum absolute atomic E-state index is 0.188. The Morgan fingerprint density at radius 2 is 2.14 bits per heavy atom. The number of rotatable bonds is 5. The Morgan fingerprint density at radius 3 is 2.82 bits per heavy atom. The van der Waals surface area contributed by atoms with Crippen LogP contribution in [0.15, 0.2) is 23.2 Å². The van der Waals surface area contributed by atoms with Crippen LogP contribution in [0, 0.1) is 5.82 Å². The van der Waals surface area contributed by atoms with E-state index in [-0.39, 0.29) is 24.5 Å². The average Bonchev–Trinajstić information content (AvgIpc) is 3.20. The van der Waals surface area contributed by atoms with Crippen LogP contribution < -0.4 is 4.80 Å². The van der Waals surface area contributed by atoms with Crippen molar-refractivity contribution in [1.29, 1.82) is 0 Å². The third-order valence-corrected chi connectivity index (χ3v) is 6.69. The van der Waals surface area contributed by atoms with Crippen molar-refractivity contribution < 1.29 is 27.1 Å². The largest absolute Gasteiger partial charge is 0.465 e. The molecule has 1 aromatic heterocycles. The van der Waals surface area contributed by atoms with E-state index in [4.69, 9.17) is 4.74 Å². The van der Waals surface area contributed by atoms with Crippen LogP contribution >= 0.6 is 11.3 Å². The molecule has 0 radical (unpaired) electrons. The predicted molar refractivity (Wildman–Crippen MR) is 102 cm³/mol. The molecule has 0 aliphatic carbocycles. The number of ether oxygens (including phenoxy) is 1. The molecular weight excluding hydrogens is 409 g/mol. The molecule has 1 atom stereocenters. The van der Waals surface area contributed by atoms with Gasteiger partial charge in [-0.3, -0.25) is 9.59 Å². The second kappa shape index (κ2) is 8.10. The molecule has 8 nitrogen and oxygen atoms in total. The second-order valence-electron chi connectivity index (χ2n) is 6.37. The van der Waals surface area contributed by atoms with E-state index < -0.39 is 33.8 Å². The number of carbonyl (C=O) groups excluding carboxylic acids is 2. The molecule has 3 rings (SSSR count). The highest BCUT2D eigenvalue weighted by Gasteiger charge is 2.36. The molecule has 0 N–H and O–H groups in total. The summed E-state index contributed by atoms with van der Waals surface area (Å²) in [5.74, 6) is -1.57. The summed E-state index contributed by atoms with van der Waals surface area (Å²) in [6.45, 7) is 1.96. The van der Waals surface area contributed by atoms with E-state index in [2.05, 4.69) is 4.99 Å². The van der Waals surface area contributed by atoms with Crippen molar-refractivity contribution in [2.45, 2.75) is 32.4 Å². The number of hydrogen-bond donors (Lipinski definition) is 0. The van der Waals surface area contributed by atoms with Crippen LogP contribution in [0.3, 0.4) is 0 Å². The van der Waals surface area contributed by atoms with Crippen molar-refractivity contribution in [3.63, 3.8) is 0 Å². The van der Waals surface area contributed by atoms with Gasteiger partial charge >= 0.3 is 5.97 Å². The molecule has 1 unspecified atom stereocenters. The van der Waals surface area contributed by atoms with E-state index >= 15 is 0 Å². The van der Waals surface area contributed by atoms with Crippen LogP contribution in [0.5, 0.6) is 0 Å². The summed E-state index contributed by atoms with van der Waals surface area (Å²) >= 11 is 1.05. The lowest BCUT2D eigenvalue weighted by atomic mass is 10.2. The van der Waals surface area contributed by atoms with Crippen molar-refractivity contribution >= 4 is 43.5 Å². The number of sulfonamides is 1. The highest BCUT2D eigenvalue weighted by Crippen LogP contribution is 2.22. The van der Waals surface area contributed by atoms with Gasteiger partial charge in [0.2, 0.25) is 10.0 Å². The van der Waals surface area contributed by atoms with Gasteiger partial charge in [0.1, 0.15) is 18.4 Å². The van der Waals surface area contributed by atoms with Crippen LogP contribution in [-0.4, -0.2) is 54.6 Å². The van der Waals surface area contributed by atoms with Crippen LogP contribution in [0.4, 0.5) is 4.39 Å². The zero-order chi connectivity index (χ0) is 20.5. The number of hydrogen-bond acceptors (Lipinski definition) is 6. The molecule has 152 valence electrons. The molecule has 11 heteroatoms. The molecule has 1 amide bonds. The molecule has 28 heavy (non-hydrogen) atoms. The van der Waals surface area contributed by atoms with E-state index in [1.54, 1.807) is 6.92 Å². The minimum Gasteiger partial charge on any atom is -0.465 e. The standard InChI is InChI=1S/C17H20FN3O5S2/c1-3-26-15(22)10-20-12-7-6-11(18)9-14(12)27-17(20)19-16(23)13-5-4-8-21(13)28(2,24)25/h6-7,9,13H,3-5,8,10H2,1-2H3. The summed E-state index contributed by atoms with van der Waals surface area (Å²) in [5.41, 5.74) is 0.539. The summed E-state index contributed by atoms with van der Waals surface area (Å²) in [7, 11) is -3.53. The Kier molecular flexibility index (Phi) is 5.96. The van der Waals surface area contributed by atoms with Crippen molar-refractivity contribution in [2.24, 2.45) is 4.99 Å². The van der Waals surface area contributed by atoms with Crippen LogP contribution in [0.1, 0.15) is 19.8 Å². The highest BCUT2D eigenvalue weighted by molar-refractivity contribution is 7.88. The molecule has 1 aromatic carbocycles. The maximum atomic E-state index is 13.6. The first-order valence-corrected chi connectivity index (χ1v) is 11.4. The lowest BCUT2D eigenvalue weighted by molar-refractivity contribution is -0.143. The first-order chi connectivity index (χ1) is 13.2.